The van der Waals surface area contributed by atoms with Gasteiger partial charge in [0.05, 0.1) is 18.2 Å². The molecule has 0 saturated carbocycles. The van der Waals surface area contributed by atoms with Crippen molar-refractivity contribution < 1.29 is 14.3 Å². The Hall–Kier alpha value is -3.00. The molecule has 1 atom stereocenters. The van der Waals surface area contributed by atoms with E-state index in [2.05, 4.69) is 12.1 Å². The van der Waals surface area contributed by atoms with E-state index >= 15 is 0 Å². The van der Waals surface area contributed by atoms with Gasteiger partial charge in [-0.3, -0.25) is 4.79 Å². The molecule has 3 rings (SSSR count). The summed E-state index contributed by atoms with van der Waals surface area (Å²) in [6.45, 7) is 5.58. The normalized spacial score (nSPS) is 14.1. The molecule has 5 nitrogen and oxygen atoms in total. The molecule has 1 aliphatic rings. The molecule has 0 saturated heterocycles. The van der Waals surface area contributed by atoms with Crippen molar-refractivity contribution in [1.29, 1.82) is 5.26 Å². The van der Waals surface area contributed by atoms with E-state index in [4.69, 9.17) is 14.7 Å². The van der Waals surface area contributed by atoms with E-state index in [0.29, 0.717) is 31.0 Å². The van der Waals surface area contributed by atoms with E-state index in [-0.39, 0.29) is 5.91 Å². The number of benzene rings is 2. The molecule has 0 aliphatic carbocycles. The molecule has 26 heavy (non-hydrogen) atoms. The fourth-order valence-electron chi connectivity index (χ4n) is 3.10. The Kier molecular flexibility index (Phi) is 5.43. The van der Waals surface area contributed by atoms with Crippen LogP contribution in [0.25, 0.3) is 0 Å². The quantitative estimate of drug-likeness (QED) is 0.830. The first-order valence-electron chi connectivity index (χ1n) is 8.81. The molecule has 0 fully saturated rings. The van der Waals surface area contributed by atoms with Crippen LogP contribution in [0.3, 0.4) is 0 Å². The van der Waals surface area contributed by atoms with Crippen molar-refractivity contribution in [1.82, 2.24) is 4.90 Å². The zero-order chi connectivity index (χ0) is 18.5. The molecule has 2 aromatic rings. The van der Waals surface area contributed by atoms with Gasteiger partial charge in [-0.25, -0.2) is 0 Å². The third-order valence-corrected chi connectivity index (χ3v) is 4.46. The highest BCUT2D eigenvalue weighted by molar-refractivity contribution is 5.81. The zero-order valence-electron chi connectivity index (χ0n) is 15.1. The van der Waals surface area contributed by atoms with Crippen molar-refractivity contribution in [3.05, 3.63) is 59.2 Å². The molecule has 1 heterocycles. The van der Waals surface area contributed by atoms with Gasteiger partial charge in [0, 0.05) is 13.1 Å². The largest absolute Gasteiger partial charge is 0.494 e. The highest BCUT2D eigenvalue weighted by Crippen LogP contribution is 2.25. The summed E-state index contributed by atoms with van der Waals surface area (Å²) in [6, 6.07) is 14.9. The second-order valence-electron chi connectivity index (χ2n) is 6.27. The van der Waals surface area contributed by atoms with E-state index in [1.807, 2.05) is 24.0 Å². The van der Waals surface area contributed by atoms with Gasteiger partial charge in [0.15, 0.2) is 6.10 Å². The summed E-state index contributed by atoms with van der Waals surface area (Å²) in [4.78, 5) is 14.6. The number of hydrogen-bond donors (Lipinski definition) is 0. The van der Waals surface area contributed by atoms with Gasteiger partial charge in [-0.2, -0.15) is 5.26 Å². The van der Waals surface area contributed by atoms with Gasteiger partial charge < -0.3 is 14.4 Å². The summed E-state index contributed by atoms with van der Waals surface area (Å²) in [7, 11) is 0. The van der Waals surface area contributed by atoms with Crippen LogP contribution in [0.15, 0.2) is 42.5 Å². The number of fused-ring (bicyclic) bond motifs is 1. The third-order valence-electron chi connectivity index (χ3n) is 4.46. The fraction of sp³-hybridized carbons (Fsp3) is 0.333. The van der Waals surface area contributed by atoms with E-state index in [1.54, 1.807) is 31.2 Å². The van der Waals surface area contributed by atoms with Crippen LogP contribution in [0.2, 0.25) is 0 Å². The molecule has 1 amide bonds. The zero-order valence-corrected chi connectivity index (χ0v) is 15.1. The number of rotatable bonds is 5. The molecular formula is C21H22N2O3. The molecule has 5 heteroatoms. The van der Waals surface area contributed by atoms with Gasteiger partial charge in [-0.15, -0.1) is 0 Å². The van der Waals surface area contributed by atoms with Gasteiger partial charge in [0.25, 0.3) is 5.91 Å². The number of carbonyl (C=O) groups is 1. The number of amides is 1. The molecule has 0 radical (unpaired) electrons. The molecular weight excluding hydrogens is 328 g/mol. The predicted molar refractivity (Wildman–Crippen MR) is 98.0 cm³/mol. The number of carbonyl (C=O) groups excluding carboxylic acids is 1. The molecule has 0 aromatic heterocycles. The molecule has 0 N–H and O–H groups in total. The molecule has 134 valence electrons. The lowest BCUT2D eigenvalue weighted by Gasteiger charge is -2.31. The van der Waals surface area contributed by atoms with Crippen molar-refractivity contribution in [3.8, 4) is 17.6 Å². The first-order chi connectivity index (χ1) is 12.6. The van der Waals surface area contributed by atoms with Crippen molar-refractivity contribution in [2.45, 2.75) is 32.9 Å². The van der Waals surface area contributed by atoms with Crippen LogP contribution in [-0.4, -0.2) is 30.1 Å². The lowest BCUT2D eigenvalue weighted by molar-refractivity contribution is -0.138. The number of nitriles is 1. The summed E-state index contributed by atoms with van der Waals surface area (Å²) in [5, 5.41) is 8.84. The second-order valence-corrected chi connectivity index (χ2v) is 6.27. The first-order valence-corrected chi connectivity index (χ1v) is 8.81. The van der Waals surface area contributed by atoms with Gasteiger partial charge in [-0.05, 0) is 67.8 Å². The molecule has 0 spiro atoms. The minimum absolute atomic E-state index is 0.0400. The van der Waals surface area contributed by atoms with Crippen LogP contribution in [0, 0.1) is 11.3 Å². The Morgan fingerprint density at radius 3 is 2.62 bits per heavy atom. The Balaban J connectivity index is 1.66. The fourth-order valence-corrected chi connectivity index (χ4v) is 3.10. The minimum atomic E-state index is -0.584. The van der Waals surface area contributed by atoms with Crippen LogP contribution < -0.4 is 9.47 Å². The van der Waals surface area contributed by atoms with Crippen molar-refractivity contribution in [3.63, 3.8) is 0 Å². The average molecular weight is 350 g/mol. The van der Waals surface area contributed by atoms with Gasteiger partial charge in [0.1, 0.15) is 11.5 Å². The smallest absolute Gasteiger partial charge is 0.263 e. The Morgan fingerprint density at radius 2 is 1.92 bits per heavy atom. The van der Waals surface area contributed by atoms with Gasteiger partial charge in [-0.1, -0.05) is 6.07 Å². The Labute approximate surface area is 153 Å². The monoisotopic (exact) mass is 350 g/mol. The first kappa shape index (κ1) is 17.8. The SMILES string of the molecule is CCOc1ccc2c(c1)CN(C(=O)C(C)Oc1ccc(C#N)cc1)CC2. The second kappa shape index (κ2) is 7.92. The maximum absolute atomic E-state index is 12.8. The van der Waals surface area contributed by atoms with Gasteiger partial charge in [0.2, 0.25) is 0 Å². The van der Waals surface area contributed by atoms with E-state index in [9.17, 15) is 4.79 Å². The van der Waals surface area contributed by atoms with E-state index < -0.39 is 6.10 Å². The maximum atomic E-state index is 12.8. The summed E-state index contributed by atoms with van der Waals surface area (Å²) in [6.07, 6.45) is 0.247. The van der Waals surface area contributed by atoms with Crippen LogP contribution in [0.5, 0.6) is 11.5 Å². The number of ether oxygens (including phenoxy) is 2. The standard InChI is InChI=1S/C21H22N2O3/c1-3-25-20-9-6-17-10-11-23(14-18(17)12-20)21(24)15(2)26-19-7-4-16(13-22)5-8-19/h4-9,12,15H,3,10-11,14H2,1-2H3. The van der Waals surface area contributed by atoms with Crippen LogP contribution in [0.1, 0.15) is 30.5 Å². The molecule has 0 bridgehead atoms. The molecule has 2 aromatic carbocycles. The number of nitrogens with zero attached hydrogens (tertiary/aromatic N) is 2. The summed E-state index contributed by atoms with van der Waals surface area (Å²) >= 11 is 0. The Bertz CT molecular complexity index is 824. The third kappa shape index (κ3) is 3.97. The number of hydrogen-bond acceptors (Lipinski definition) is 4. The average Bonchev–Trinajstić information content (AvgIpc) is 2.67. The highest BCUT2D eigenvalue weighted by atomic mass is 16.5. The summed E-state index contributed by atoms with van der Waals surface area (Å²) in [5.41, 5.74) is 2.95. The van der Waals surface area contributed by atoms with Crippen molar-refractivity contribution >= 4 is 5.91 Å². The van der Waals surface area contributed by atoms with Crippen molar-refractivity contribution in [2.75, 3.05) is 13.2 Å². The van der Waals surface area contributed by atoms with Crippen LogP contribution in [-0.2, 0) is 17.8 Å². The lowest BCUT2D eigenvalue weighted by atomic mass is 9.99. The summed E-state index contributed by atoms with van der Waals surface area (Å²) < 4.78 is 11.3. The van der Waals surface area contributed by atoms with E-state index in [1.165, 1.54) is 5.56 Å². The van der Waals surface area contributed by atoms with Gasteiger partial charge >= 0.3 is 0 Å². The molecule has 1 aliphatic heterocycles. The van der Waals surface area contributed by atoms with Crippen molar-refractivity contribution in [2.24, 2.45) is 0 Å². The topological polar surface area (TPSA) is 62.6 Å². The minimum Gasteiger partial charge on any atom is -0.494 e. The Morgan fingerprint density at radius 1 is 1.19 bits per heavy atom. The molecule has 1 unspecified atom stereocenters. The van der Waals surface area contributed by atoms with E-state index in [0.717, 1.165) is 17.7 Å². The summed E-state index contributed by atoms with van der Waals surface area (Å²) in [5.74, 6) is 1.38. The van der Waals surface area contributed by atoms with Crippen LogP contribution >= 0.6 is 0 Å². The highest BCUT2D eigenvalue weighted by Gasteiger charge is 2.26. The lowest BCUT2D eigenvalue weighted by Crippen LogP contribution is -2.43. The maximum Gasteiger partial charge on any atom is 0.263 e. The van der Waals surface area contributed by atoms with Crippen LogP contribution in [0.4, 0.5) is 0 Å². The predicted octanol–water partition coefficient (Wildman–Crippen LogP) is 3.31.